The van der Waals surface area contributed by atoms with Crippen molar-refractivity contribution in [3.63, 3.8) is 0 Å². The van der Waals surface area contributed by atoms with Crippen LogP contribution in [-0.4, -0.2) is 42.4 Å². The van der Waals surface area contributed by atoms with Gasteiger partial charge < -0.3 is 20.3 Å². The second kappa shape index (κ2) is 5.96. The fourth-order valence-electron chi connectivity index (χ4n) is 0.855. The molecular formula is C7H7BFN3O5S. The number of rotatable bonds is 5. The third kappa shape index (κ3) is 3.41. The van der Waals surface area contributed by atoms with Crippen molar-refractivity contribution in [2.24, 2.45) is 5.16 Å². The van der Waals surface area contributed by atoms with Crippen molar-refractivity contribution in [1.29, 1.82) is 0 Å². The fraction of sp³-hybridized carbons (Fsp3) is 0.143. The maximum atomic E-state index is 13.3. The molecule has 0 saturated carbocycles. The van der Waals surface area contributed by atoms with Crippen LogP contribution in [0.15, 0.2) is 5.16 Å². The molecule has 0 spiro atoms. The molecule has 3 N–H and O–H groups in total. The van der Waals surface area contributed by atoms with Crippen LogP contribution in [0.4, 0.5) is 9.52 Å². The van der Waals surface area contributed by atoms with Crippen LogP contribution in [-0.2, 0) is 19.1 Å². The van der Waals surface area contributed by atoms with Crippen molar-refractivity contribution >= 4 is 42.2 Å². The molecule has 1 heterocycles. The number of carbonyl (C=O) groups is 2. The Bertz CT molecular complexity index is 505. The summed E-state index contributed by atoms with van der Waals surface area (Å²) in [5.74, 6) is -2.33. The van der Waals surface area contributed by atoms with Crippen LogP contribution >= 0.6 is 11.3 Å². The molecule has 8 nitrogen and oxygen atoms in total. The molecule has 18 heavy (non-hydrogen) atoms. The molecule has 0 atom stereocenters. The van der Waals surface area contributed by atoms with E-state index in [1.54, 1.807) is 0 Å². The molecule has 1 aromatic heterocycles. The summed E-state index contributed by atoms with van der Waals surface area (Å²) in [6.07, 6.45) is 0. The summed E-state index contributed by atoms with van der Waals surface area (Å²) in [5, 5.41) is 10.9. The van der Waals surface area contributed by atoms with E-state index in [0.717, 1.165) is 8.05 Å². The van der Waals surface area contributed by atoms with Crippen LogP contribution in [0.2, 0.25) is 0 Å². The van der Waals surface area contributed by atoms with Gasteiger partial charge in [-0.05, 0) is 0 Å². The Kier molecular flexibility index (Phi) is 4.60. The summed E-state index contributed by atoms with van der Waals surface area (Å²) < 4.78 is 17.5. The molecule has 1 rings (SSSR count). The van der Waals surface area contributed by atoms with E-state index in [9.17, 15) is 14.0 Å². The number of carboxylic acid groups (broad SMARTS) is 1. The van der Waals surface area contributed by atoms with E-state index >= 15 is 0 Å². The largest absolute Gasteiger partial charge is 0.541 e. The minimum absolute atomic E-state index is 0.149. The van der Waals surface area contributed by atoms with Gasteiger partial charge in [0.25, 0.3) is 0 Å². The van der Waals surface area contributed by atoms with E-state index in [-0.39, 0.29) is 5.13 Å². The lowest BCUT2D eigenvalue weighted by molar-refractivity contribution is -0.139. The lowest BCUT2D eigenvalue weighted by atomic mass is 10.3. The summed E-state index contributed by atoms with van der Waals surface area (Å²) >= 11 is 0.468. The highest BCUT2D eigenvalue weighted by molar-refractivity contribution is 7.14. The molecule has 0 bridgehead atoms. The van der Waals surface area contributed by atoms with Gasteiger partial charge in [-0.3, -0.25) is 0 Å². The van der Waals surface area contributed by atoms with Gasteiger partial charge in [0, 0.05) is 0 Å². The minimum atomic E-state index is -1.57. The third-order valence-corrected chi connectivity index (χ3v) is 2.27. The van der Waals surface area contributed by atoms with Gasteiger partial charge in [0.2, 0.25) is 17.4 Å². The first-order valence-corrected chi connectivity index (χ1v) is 5.19. The predicted octanol–water partition coefficient (Wildman–Crippen LogP) is -1.24. The molecule has 0 aliphatic carbocycles. The number of anilines is 1. The topological polar surface area (TPSA) is 124 Å². The van der Waals surface area contributed by atoms with Gasteiger partial charge in [0.1, 0.15) is 5.69 Å². The van der Waals surface area contributed by atoms with Gasteiger partial charge in [-0.25, -0.2) is 14.6 Å². The average molecular weight is 275 g/mol. The summed E-state index contributed by atoms with van der Waals surface area (Å²) in [7, 11) is 1.12. The normalized spacial score (nSPS) is 11.1. The number of halogens is 1. The molecule has 0 fully saturated rings. The molecule has 0 saturated heterocycles. The highest BCUT2D eigenvalue weighted by Crippen LogP contribution is 2.19. The molecule has 0 aliphatic rings. The second-order valence-corrected chi connectivity index (χ2v) is 3.75. The number of carboxylic acids is 1. The number of aromatic nitrogens is 1. The van der Waals surface area contributed by atoms with Crippen LogP contribution in [0.5, 0.6) is 0 Å². The van der Waals surface area contributed by atoms with Crippen molar-refractivity contribution in [2.75, 3.05) is 12.3 Å². The Morgan fingerprint density at radius 3 is 2.72 bits per heavy atom. The standard InChI is InChI=1S/C7H7BFN3O5S/c8-17-2(13)1-16-12-4(6(14)15)3-5(9)18-7(10)11-3/h1,8H2,(H2,10,11)(H,14,15)/b12-4-. The zero-order chi connectivity index (χ0) is 13.7. The summed E-state index contributed by atoms with van der Waals surface area (Å²) in [5.41, 5.74) is 3.89. The number of hydrogen-bond donors (Lipinski definition) is 2. The highest BCUT2D eigenvalue weighted by Gasteiger charge is 2.22. The first kappa shape index (κ1) is 13.9. The molecule has 0 unspecified atom stereocenters. The van der Waals surface area contributed by atoms with E-state index < -0.39 is 35.1 Å². The Morgan fingerprint density at radius 1 is 1.61 bits per heavy atom. The zero-order valence-corrected chi connectivity index (χ0v) is 9.86. The third-order valence-electron chi connectivity index (χ3n) is 1.60. The second-order valence-electron chi connectivity index (χ2n) is 2.77. The van der Waals surface area contributed by atoms with E-state index in [1.165, 1.54) is 0 Å². The number of nitrogen functional groups attached to an aromatic ring is 1. The van der Waals surface area contributed by atoms with Crippen molar-refractivity contribution in [2.45, 2.75) is 0 Å². The molecule has 0 amide bonds. The molecule has 0 radical (unpaired) electrons. The number of carbonyl (C=O) groups excluding carboxylic acids is 1. The van der Waals surface area contributed by atoms with Crippen molar-refractivity contribution < 1.29 is 28.6 Å². The molecular weight excluding hydrogens is 268 g/mol. The number of nitrogens with two attached hydrogens (primary N) is 1. The molecule has 1 aromatic rings. The first-order valence-electron chi connectivity index (χ1n) is 4.38. The maximum absolute atomic E-state index is 13.3. The Hall–Kier alpha value is -2.17. The number of thiazole rings is 1. The predicted molar refractivity (Wildman–Crippen MR) is 61.2 cm³/mol. The first-order chi connectivity index (χ1) is 8.45. The summed E-state index contributed by atoms with van der Waals surface area (Å²) in [4.78, 5) is 29.4. The van der Waals surface area contributed by atoms with Crippen LogP contribution in [0.3, 0.4) is 0 Å². The van der Waals surface area contributed by atoms with Gasteiger partial charge in [0.15, 0.2) is 5.13 Å². The number of aliphatic carboxylic acids is 1. The molecule has 11 heteroatoms. The van der Waals surface area contributed by atoms with E-state index in [4.69, 9.17) is 10.8 Å². The van der Waals surface area contributed by atoms with Gasteiger partial charge in [-0.15, -0.1) is 0 Å². The van der Waals surface area contributed by atoms with Gasteiger partial charge in [-0.1, -0.05) is 16.5 Å². The van der Waals surface area contributed by atoms with Gasteiger partial charge in [0.05, 0.1) is 0 Å². The molecule has 0 aromatic carbocycles. The fourth-order valence-corrected chi connectivity index (χ4v) is 1.41. The van der Waals surface area contributed by atoms with Crippen molar-refractivity contribution in [1.82, 2.24) is 4.98 Å². The lowest BCUT2D eigenvalue weighted by Gasteiger charge is -2.00. The van der Waals surface area contributed by atoms with Crippen LogP contribution in [0.25, 0.3) is 0 Å². The van der Waals surface area contributed by atoms with E-state index in [1.807, 2.05) is 0 Å². The van der Waals surface area contributed by atoms with Gasteiger partial charge >= 0.3 is 20.0 Å². The number of hydrogen-bond acceptors (Lipinski definition) is 8. The van der Waals surface area contributed by atoms with Crippen LogP contribution in [0.1, 0.15) is 5.69 Å². The van der Waals surface area contributed by atoms with Gasteiger partial charge in [-0.2, -0.15) is 4.39 Å². The lowest BCUT2D eigenvalue weighted by Crippen LogP contribution is -2.18. The molecule has 0 aliphatic heterocycles. The zero-order valence-electron chi connectivity index (χ0n) is 9.05. The Morgan fingerprint density at radius 2 is 2.28 bits per heavy atom. The quantitative estimate of drug-likeness (QED) is 0.391. The minimum Gasteiger partial charge on any atom is -0.541 e. The summed E-state index contributed by atoms with van der Waals surface area (Å²) in [6, 6.07) is 0. The van der Waals surface area contributed by atoms with Crippen LogP contribution < -0.4 is 5.73 Å². The van der Waals surface area contributed by atoms with Crippen LogP contribution in [0, 0.1) is 5.13 Å². The maximum Gasteiger partial charge on any atom is 0.360 e. The Balaban J connectivity index is 2.90. The van der Waals surface area contributed by atoms with E-state index in [0.29, 0.717) is 11.3 Å². The average Bonchev–Trinajstić information content (AvgIpc) is 2.63. The monoisotopic (exact) mass is 275 g/mol. The molecule has 96 valence electrons. The highest BCUT2D eigenvalue weighted by atomic mass is 32.1. The summed E-state index contributed by atoms with van der Waals surface area (Å²) in [6.45, 7) is -0.603. The van der Waals surface area contributed by atoms with Crippen molar-refractivity contribution in [3.05, 3.63) is 10.8 Å². The smallest absolute Gasteiger partial charge is 0.360 e. The number of oxime groups is 1. The Labute approximate surface area is 105 Å². The number of nitrogens with zero attached hydrogens (tertiary/aromatic N) is 2. The SMILES string of the molecule is BOC(=O)CO/N=C(\C(=O)O)c1nc(N)sc1F. The van der Waals surface area contributed by atoms with Crippen molar-refractivity contribution in [3.8, 4) is 0 Å². The van der Waals surface area contributed by atoms with E-state index in [2.05, 4.69) is 19.6 Å².